The van der Waals surface area contributed by atoms with Gasteiger partial charge in [0, 0.05) is 43.7 Å². The molecule has 0 aromatic heterocycles. The highest BCUT2D eigenvalue weighted by Crippen LogP contribution is 2.31. The van der Waals surface area contributed by atoms with Gasteiger partial charge >= 0.3 is 0 Å². The van der Waals surface area contributed by atoms with E-state index in [-0.39, 0.29) is 54.0 Å². The number of hydrogen-bond donors (Lipinski definition) is 3. The molecule has 238 valence electrons. The number of nitrogens with one attached hydrogen (secondary N) is 2. The van der Waals surface area contributed by atoms with Crippen molar-refractivity contribution in [3.8, 4) is 22.6 Å². The molecule has 0 saturated carbocycles. The molecule has 2 fully saturated rings. The number of fused-ring (bicyclic) bond motifs is 5. The van der Waals surface area contributed by atoms with Crippen LogP contribution < -0.4 is 20.1 Å². The number of rotatable bonds is 4. The van der Waals surface area contributed by atoms with Crippen molar-refractivity contribution in [2.24, 2.45) is 0 Å². The summed E-state index contributed by atoms with van der Waals surface area (Å²) in [6.07, 6.45) is 0.499. The molecule has 3 heterocycles. The Morgan fingerprint density at radius 2 is 1.80 bits per heavy atom. The Morgan fingerprint density at radius 1 is 1.00 bits per heavy atom. The molecule has 9 nitrogen and oxygen atoms in total. The highest BCUT2D eigenvalue weighted by molar-refractivity contribution is 5.98. The number of ether oxygens (including phenoxy) is 3. The topological polar surface area (TPSA) is 109 Å². The van der Waals surface area contributed by atoms with Gasteiger partial charge in [-0.2, -0.15) is 0 Å². The third-order valence-electron chi connectivity index (χ3n) is 8.81. The van der Waals surface area contributed by atoms with Gasteiger partial charge in [0.2, 0.25) is 5.91 Å². The number of halogens is 2. The van der Waals surface area contributed by atoms with E-state index in [1.807, 2.05) is 29.2 Å². The lowest BCUT2D eigenvalue weighted by molar-refractivity contribution is -0.133. The van der Waals surface area contributed by atoms with Crippen LogP contribution in [0.4, 0.5) is 8.78 Å². The smallest absolute Gasteiger partial charge is 0.255 e. The summed E-state index contributed by atoms with van der Waals surface area (Å²) in [7, 11) is 1.60. The number of hydrogen-bond acceptors (Lipinski definition) is 7. The van der Waals surface area contributed by atoms with E-state index in [1.54, 1.807) is 25.3 Å². The van der Waals surface area contributed by atoms with Gasteiger partial charge in [0.15, 0.2) is 0 Å². The minimum absolute atomic E-state index is 0.163. The van der Waals surface area contributed by atoms with Crippen molar-refractivity contribution in [2.45, 2.75) is 62.6 Å². The molecule has 0 spiro atoms. The van der Waals surface area contributed by atoms with Crippen molar-refractivity contribution in [1.82, 2.24) is 15.5 Å². The zero-order chi connectivity index (χ0) is 31.5. The molecule has 3 N–H and O–H groups in total. The first-order valence-electron chi connectivity index (χ1n) is 15.3. The Bertz CT molecular complexity index is 1540. The molecule has 0 unspecified atom stereocenters. The minimum atomic E-state index is -0.722. The first kappa shape index (κ1) is 30.9. The van der Waals surface area contributed by atoms with Gasteiger partial charge in [-0.25, -0.2) is 8.78 Å². The summed E-state index contributed by atoms with van der Waals surface area (Å²) in [6, 6.07) is 14.8. The van der Waals surface area contributed by atoms with E-state index >= 15 is 0 Å². The van der Waals surface area contributed by atoms with Gasteiger partial charge in [-0.15, -0.1) is 0 Å². The van der Waals surface area contributed by atoms with Gasteiger partial charge in [-0.05, 0) is 66.8 Å². The van der Waals surface area contributed by atoms with Crippen LogP contribution in [-0.4, -0.2) is 79.0 Å². The second-order valence-corrected chi connectivity index (χ2v) is 11.9. The van der Waals surface area contributed by atoms with Crippen molar-refractivity contribution in [3.05, 3.63) is 83.4 Å². The van der Waals surface area contributed by atoms with E-state index in [2.05, 4.69) is 10.6 Å². The average molecular weight is 622 g/mol. The van der Waals surface area contributed by atoms with Crippen LogP contribution >= 0.6 is 0 Å². The molecule has 0 aliphatic carbocycles. The maximum absolute atomic E-state index is 14.7. The molecule has 45 heavy (non-hydrogen) atoms. The second kappa shape index (κ2) is 13.5. The quantitative estimate of drug-likeness (QED) is 0.407. The van der Waals surface area contributed by atoms with E-state index < -0.39 is 29.9 Å². The van der Waals surface area contributed by atoms with Crippen LogP contribution in [0.2, 0.25) is 0 Å². The fraction of sp³-hybridized carbons (Fsp3) is 0.412. The van der Waals surface area contributed by atoms with Crippen molar-refractivity contribution < 1.29 is 37.7 Å². The van der Waals surface area contributed by atoms with Gasteiger partial charge in [0.1, 0.15) is 29.2 Å². The van der Waals surface area contributed by atoms with Crippen LogP contribution in [-0.2, 0) is 16.1 Å². The zero-order valence-electron chi connectivity index (χ0n) is 25.0. The Balaban J connectivity index is 1.29. The van der Waals surface area contributed by atoms with Gasteiger partial charge in [0.25, 0.3) is 5.91 Å². The van der Waals surface area contributed by atoms with E-state index in [0.717, 1.165) is 17.4 Å². The Hall–Kier alpha value is -4.06. The van der Waals surface area contributed by atoms with Crippen molar-refractivity contribution in [3.63, 3.8) is 0 Å². The lowest BCUT2D eigenvalue weighted by Crippen LogP contribution is -2.50. The number of nitrogens with zero attached hydrogens (tertiary/aromatic N) is 1. The van der Waals surface area contributed by atoms with Gasteiger partial charge in [-0.3, -0.25) is 14.5 Å². The third-order valence-corrected chi connectivity index (χ3v) is 8.81. The molecular formula is C34H37F2N3O6. The number of methoxy groups -OCH3 is 1. The monoisotopic (exact) mass is 621 g/mol. The van der Waals surface area contributed by atoms with Gasteiger partial charge in [-0.1, -0.05) is 18.2 Å². The van der Waals surface area contributed by atoms with E-state index in [0.29, 0.717) is 44.3 Å². The van der Waals surface area contributed by atoms with Crippen LogP contribution in [0.1, 0.15) is 41.6 Å². The molecule has 4 bridgehead atoms. The first-order valence-corrected chi connectivity index (χ1v) is 15.3. The summed E-state index contributed by atoms with van der Waals surface area (Å²) in [6.45, 7) is 1.27. The summed E-state index contributed by atoms with van der Waals surface area (Å²) in [5, 5.41) is 16.7. The number of carbonyl (C=O) groups is 2. The summed E-state index contributed by atoms with van der Waals surface area (Å²) in [4.78, 5) is 29.2. The molecular weight excluding hydrogens is 584 g/mol. The first-order chi connectivity index (χ1) is 21.8. The van der Waals surface area contributed by atoms with Crippen LogP contribution in [0.15, 0.2) is 60.7 Å². The molecule has 2 amide bonds. The van der Waals surface area contributed by atoms with Crippen molar-refractivity contribution in [2.75, 3.05) is 26.8 Å². The molecule has 11 heteroatoms. The molecule has 2 saturated heterocycles. The van der Waals surface area contributed by atoms with Crippen molar-refractivity contribution in [1.29, 1.82) is 0 Å². The van der Waals surface area contributed by atoms with E-state index in [4.69, 9.17) is 14.2 Å². The second-order valence-electron chi connectivity index (χ2n) is 11.9. The Kier molecular flexibility index (Phi) is 9.29. The van der Waals surface area contributed by atoms with E-state index in [9.17, 15) is 23.5 Å². The Morgan fingerprint density at radius 3 is 2.58 bits per heavy atom. The normalized spacial score (nSPS) is 25.9. The fourth-order valence-corrected chi connectivity index (χ4v) is 6.37. The maximum Gasteiger partial charge on any atom is 0.255 e. The number of aliphatic hydroxyl groups excluding tert-OH is 1. The molecule has 3 aliphatic heterocycles. The number of likely N-dealkylation sites (tertiary alicyclic amines) is 1. The summed E-state index contributed by atoms with van der Waals surface area (Å²) < 4.78 is 45.8. The molecule has 6 rings (SSSR count). The van der Waals surface area contributed by atoms with Gasteiger partial charge < -0.3 is 30.0 Å². The highest BCUT2D eigenvalue weighted by atomic mass is 19.1. The maximum atomic E-state index is 14.7. The molecule has 0 radical (unpaired) electrons. The standard InChI is InChI=1S/C34H37F2N3O6/c1-43-24-6-2-20(3-7-24)18-39-19-23-16-29(39)34(42)37-17-32-30(40)11-8-25(45-32)12-13-44-31-14-21(4-9-27(31)33(41)38-23)26-10-5-22(35)15-28(26)36/h2-7,9-10,14-15,23,25,29-30,32,40H,8,11-13,16-19H2,1H3,(H,37,42)(H,38,41)/t23-,25-,29-,30-,32+/m0/s1. The number of carbonyl (C=O) groups excluding carboxylic acids is 2. The van der Waals surface area contributed by atoms with Crippen LogP contribution in [0.5, 0.6) is 11.5 Å². The molecule has 3 aromatic rings. The SMILES string of the molecule is COc1ccc(CN2C[C@@H]3C[C@H]2C(=O)NC[C@H]2O[C@H](CCOc4cc(-c5ccc(F)cc5F)ccc4C(=O)N3)CC[C@@H]2O)cc1. The highest BCUT2D eigenvalue weighted by Gasteiger charge is 2.39. The van der Waals surface area contributed by atoms with Crippen LogP contribution in [0.25, 0.3) is 11.1 Å². The third kappa shape index (κ3) is 7.11. The van der Waals surface area contributed by atoms with Crippen LogP contribution in [0.3, 0.4) is 0 Å². The predicted molar refractivity (Wildman–Crippen MR) is 162 cm³/mol. The molecule has 3 aliphatic rings. The number of amides is 2. The minimum Gasteiger partial charge on any atom is -0.497 e. The Labute approximate surface area is 260 Å². The average Bonchev–Trinajstić information content (AvgIpc) is 3.42. The van der Waals surface area contributed by atoms with E-state index in [1.165, 1.54) is 12.1 Å². The summed E-state index contributed by atoms with van der Waals surface area (Å²) >= 11 is 0. The number of benzene rings is 3. The lowest BCUT2D eigenvalue weighted by atomic mass is 9.99. The van der Waals surface area contributed by atoms with Crippen molar-refractivity contribution >= 4 is 11.8 Å². The van der Waals surface area contributed by atoms with Crippen LogP contribution in [0, 0.1) is 11.6 Å². The largest absolute Gasteiger partial charge is 0.497 e. The summed E-state index contributed by atoms with van der Waals surface area (Å²) in [5.41, 5.74) is 1.87. The zero-order valence-corrected chi connectivity index (χ0v) is 25.0. The fourth-order valence-electron chi connectivity index (χ4n) is 6.37. The molecule has 3 aromatic carbocycles. The predicted octanol–water partition coefficient (Wildman–Crippen LogP) is 3.82. The summed E-state index contributed by atoms with van der Waals surface area (Å²) in [5.74, 6) is -0.990. The van der Waals surface area contributed by atoms with Gasteiger partial charge in [0.05, 0.1) is 37.5 Å². The molecule has 5 atom stereocenters. The number of aliphatic hydroxyl groups is 1. The lowest BCUT2D eigenvalue weighted by Gasteiger charge is -2.34.